The number of nitrogens with one attached hydrogen (secondary N) is 1. The smallest absolute Gasteiger partial charge is 0.407 e. The fourth-order valence-electron chi connectivity index (χ4n) is 3.25. The number of carbonyl (C=O) groups is 1. The molecule has 2 heterocycles. The van der Waals surface area contributed by atoms with Gasteiger partial charge in [-0.25, -0.2) is 14.8 Å². The van der Waals surface area contributed by atoms with Gasteiger partial charge in [-0.15, -0.1) is 0 Å². The van der Waals surface area contributed by atoms with E-state index in [1.165, 1.54) is 0 Å². The maximum absolute atomic E-state index is 11.8. The van der Waals surface area contributed by atoms with Crippen molar-refractivity contribution in [1.29, 1.82) is 0 Å². The van der Waals surface area contributed by atoms with Crippen molar-refractivity contribution >= 4 is 28.2 Å². The van der Waals surface area contributed by atoms with Crippen LogP contribution < -0.4 is 5.32 Å². The van der Waals surface area contributed by atoms with E-state index in [4.69, 9.17) is 9.15 Å². The highest BCUT2D eigenvalue weighted by Gasteiger charge is 2.16. The molecular weight excluding hydrogens is 368 g/mol. The van der Waals surface area contributed by atoms with Crippen LogP contribution in [0.1, 0.15) is 26.6 Å². The molecule has 0 spiro atoms. The molecule has 0 saturated heterocycles. The molecule has 0 aliphatic rings. The Hall–Kier alpha value is -3.35. The van der Waals surface area contributed by atoms with E-state index < -0.39 is 11.7 Å². The molecule has 0 aliphatic carbocycles. The summed E-state index contributed by atoms with van der Waals surface area (Å²) in [5.74, 6) is 1.45. The summed E-state index contributed by atoms with van der Waals surface area (Å²) in [6.45, 7) is 8.53. The standard InChI is InChI=1S/C22H24N4O3/c1-14-24-17-13-15(20-25-16-7-5-6-8-19(16)28-20)9-10-18(17)26(14)12-11-23-21(27)29-22(2,3)4/h5-10,13H,11-12H2,1-4H3,(H,23,27). The highest BCUT2D eigenvalue weighted by atomic mass is 16.6. The molecule has 0 bridgehead atoms. The van der Waals surface area contributed by atoms with Gasteiger partial charge >= 0.3 is 6.09 Å². The third-order valence-corrected chi connectivity index (χ3v) is 4.48. The molecule has 7 heteroatoms. The molecule has 0 aliphatic heterocycles. The summed E-state index contributed by atoms with van der Waals surface area (Å²) < 4.78 is 13.2. The minimum Gasteiger partial charge on any atom is -0.444 e. The maximum atomic E-state index is 11.8. The van der Waals surface area contributed by atoms with Crippen molar-refractivity contribution in [3.63, 3.8) is 0 Å². The Morgan fingerprint density at radius 2 is 1.93 bits per heavy atom. The van der Waals surface area contributed by atoms with Crippen molar-refractivity contribution in [2.24, 2.45) is 0 Å². The Kier molecular flexibility index (Phi) is 4.74. The number of fused-ring (bicyclic) bond motifs is 2. The van der Waals surface area contributed by atoms with E-state index in [1.807, 2.05) is 70.2 Å². The SMILES string of the molecule is Cc1nc2cc(-c3nc4ccccc4o3)ccc2n1CCNC(=O)OC(C)(C)C. The molecule has 0 radical (unpaired) electrons. The number of ether oxygens (including phenoxy) is 1. The summed E-state index contributed by atoms with van der Waals surface area (Å²) in [5.41, 5.74) is 3.82. The number of hydrogen-bond donors (Lipinski definition) is 1. The third kappa shape index (κ3) is 4.08. The zero-order valence-corrected chi connectivity index (χ0v) is 17.0. The van der Waals surface area contributed by atoms with Gasteiger partial charge in [-0.1, -0.05) is 12.1 Å². The van der Waals surface area contributed by atoms with Crippen molar-refractivity contribution in [1.82, 2.24) is 19.9 Å². The van der Waals surface area contributed by atoms with E-state index in [1.54, 1.807) is 0 Å². The number of rotatable bonds is 4. The zero-order valence-electron chi connectivity index (χ0n) is 17.0. The van der Waals surface area contributed by atoms with Gasteiger partial charge in [0.2, 0.25) is 5.89 Å². The maximum Gasteiger partial charge on any atom is 0.407 e. The molecule has 0 unspecified atom stereocenters. The fraction of sp³-hybridized carbons (Fsp3) is 0.318. The number of nitrogens with zero attached hydrogens (tertiary/aromatic N) is 3. The molecule has 7 nitrogen and oxygen atoms in total. The summed E-state index contributed by atoms with van der Waals surface area (Å²) in [4.78, 5) is 21.0. The molecule has 1 N–H and O–H groups in total. The molecular formula is C22H24N4O3. The molecule has 4 rings (SSSR count). The lowest BCUT2D eigenvalue weighted by Gasteiger charge is -2.19. The van der Waals surface area contributed by atoms with Crippen molar-refractivity contribution in [3.05, 3.63) is 48.3 Å². The number of carbonyl (C=O) groups excluding carboxylic acids is 1. The molecule has 29 heavy (non-hydrogen) atoms. The second kappa shape index (κ2) is 7.24. The first-order valence-corrected chi connectivity index (χ1v) is 9.60. The molecule has 150 valence electrons. The number of imidazole rings is 1. The van der Waals surface area contributed by atoms with E-state index in [-0.39, 0.29) is 0 Å². The lowest BCUT2D eigenvalue weighted by molar-refractivity contribution is 0.0526. The minimum absolute atomic E-state index is 0.419. The molecule has 0 fully saturated rings. The van der Waals surface area contributed by atoms with Crippen LogP contribution in [0.4, 0.5) is 4.79 Å². The van der Waals surface area contributed by atoms with E-state index in [2.05, 4.69) is 19.9 Å². The number of aryl methyl sites for hydroxylation is 1. The molecule has 0 saturated carbocycles. The van der Waals surface area contributed by atoms with Crippen molar-refractivity contribution < 1.29 is 13.9 Å². The van der Waals surface area contributed by atoms with Crippen LogP contribution in [0.5, 0.6) is 0 Å². The largest absolute Gasteiger partial charge is 0.444 e. The van der Waals surface area contributed by atoms with Gasteiger partial charge in [0.15, 0.2) is 5.58 Å². The molecule has 0 atom stereocenters. The number of para-hydroxylation sites is 2. The number of oxazole rings is 1. The number of alkyl carbamates (subject to hydrolysis) is 1. The normalized spacial score (nSPS) is 11.9. The first-order chi connectivity index (χ1) is 13.8. The van der Waals surface area contributed by atoms with E-state index in [0.29, 0.717) is 19.0 Å². The van der Waals surface area contributed by atoms with Gasteiger partial charge < -0.3 is 19.0 Å². The molecule has 2 aromatic heterocycles. The number of amides is 1. The number of benzene rings is 2. The van der Waals surface area contributed by atoms with E-state index in [9.17, 15) is 4.79 Å². The van der Waals surface area contributed by atoms with Gasteiger partial charge in [0.25, 0.3) is 0 Å². The minimum atomic E-state index is -0.511. The van der Waals surface area contributed by atoms with Crippen LogP contribution in [0.15, 0.2) is 46.9 Å². The van der Waals surface area contributed by atoms with Gasteiger partial charge in [0.1, 0.15) is 16.9 Å². The van der Waals surface area contributed by atoms with Gasteiger partial charge in [0.05, 0.1) is 11.0 Å². The Labute approximate surface area is 168 Å². The lowest BCUT2D eigenvalue weighted by atomic mass is 10.2. The second-order valence-electron chi connectivity index (χ2n) is 7.93. The van der Waals surface area contributed by atoms with E-state index >= 15 is 0 Å². The number of aromatic nitrogens is 3. The van der Waals surface area contributed by atoms with Crippen LogP contribution in [0.25, 0.3) is 33.6 Å². The highest BCUT2D eigenvalue weighted by molar-refractivity contribution is 5.83. The quantitative estimate of drug-likeness (QED) is 0.545. The fourth-order valence-corrected chi connectivity index (χ4v) is 3.25. The first-order valence-electron chi connectivity index (χ1n) is 9.60. The second-order valence-corrected chi connectivity index (χ2v) is 7.93. The van der Waals surface area contributed by atoms with Gasteiger partial charge in [-0.2, -0.15) is 0 Å². The van der Waals surface area contributed by atoms with Crippen LogP contribution in [-0.4, -0.2) is 32.8 Å². The van der Waals surface area contributed by atoms with Crippen molar-refractivity contribution in [3.8, 4) is 11.5 Å². The van der Waals surface area contributed by atoms with Crippen LogP contribution >= 0.6 is 0 Å². The summed E-state index contributed by atoms with van der Waals surface area (Å²) in [6.07, 6.45) is -0.419. The van der Waals surface area contributed by atoms with Gasteiger partial charge in [-0.05, 0) is 58.0 Å². The van der Waals surface area contributed by atoms with Crippen molar-refractivity contribution in [2.45, 2.75) is 39.8 Å². The summed E-state index contributed by atoms with van der Waals surface area (Å²) in [7, 11) is 0. The Morgan fingerprint density at radius 3 is 2.69 bits per heavy atom. The molecule has 2 aromatic carbocycles. The average Bonchev–Trinajstić information content (AvgIpc) is 3.20. The van der Waals surface area contributed by atoms with E-state index in [0.717, 1.165) is 33.5 Å². The van der Waals surface area contributed by atoms with Crippen LogP contribution in [0.3, 0.4) is 0 Å². The topological polar surface area (TPSA) is 82.2 Å². The Bertz CT molecular complexity index is 1150. The predicted molar refractivity (Wildman–Crippen MR) is 112 cm³/mol. The Morgan fingerprint density at radius 1 is 1.14 bits per heavy atom. The lowest BCUT2D eigenvalue weighted by Crippen LogP contribution is -2.34. The molecule has 4 aromatic rings. The summed E-state index contributed by atoms with van der Waals surface area (Å²) in [5, 5.41) is 2.79. The summed E-state index contributed by atoms with van der Waals surface area (Å²) in [6, 6.07) is 13.7. The highest BCUT2D eigenvalue weighted by Crippen LogP contribution is 2.27. The Balaban J connectivity index is 1.53. The van der Waals surface area contributed by atoms with Crippen LogP contribution in [0.2, 0.25) is 0 Å². The van der Waals surface area contributed by atoms with Crippen LogP contribution in [0, 0.1) is 6.92 Å². The predicted octanol–water partition coefficient (Wildman–Crippen LogP) is 4.68. The van der Waals surface area contributed by atoms with Crippen molar-refractivity contribution in [2.75, 3.05) is 6.54 Å². The average molecular weight is 392 g/mol. The van der Waals surface area contributed by atoms with Crippen LogP contribution in [-0.2, 0) is 11.3 Å². The third-order valence-electron chi connectivity index (χ3n) is 4.48. The van der Waals surface area contributed by atoms with Gasteiger partial charge in [0, 0.05) is 18.7 Å². The zero-order chi connectivity index (χ0) is 20.6. The first kappa shape index (κ1) is 19.0. The molecule has 1 amide bonds. The number of hydrogen-bond acceptors (Lipinski definition) is 5. The monoisotopic (exact) mass is 392 g/mol. The summed E-state index contributed by atoms with van der Waals surface area (Å²) >= 11 is 0. The van der Waals surface area contributed by atoms with Gasteiger partial charge in [-0.3, -0.25) is 0 Å².